The van der Waals surface area contributed by atoms with E-state index in [2.05, 4.69) is 6.92 Å². The van der Waals surface area contributed by atoms with Gasteiger partial charge in [0.15, 0.2) is 0 Å². The van der Waals surface area contributed by atoms with Gasteiger partial charge in [-0.25, -0.2) is 0 Å². The zero-order chi connectivity index (χ0) is 17.7. The number of hydrogen-bond donors (Lipinski definition) is 3. The van der Waals surface area contributed by atoms with E-state index in [1.165, 1.54) is 70.6 Å². The third-order valence-corrected chi connectivity index (χ3v) is 5.89. The molecule has 0 fully saturated rings. The number of hydrogen-bond acceptors (Lipinski definition) is 3. The molecule has 0 radical (unpaired) electrons. The van der Waals surface area contributed by atoms with Gasteiger partial charge >= 0.3 is 8.80 Å². The highest BCUT2D eigenvalue weighted by atomic mass is 28.4. The fraction of sp³-hybridized carbons (Fsp3) is 0.700. The SMILES string of the molecule is CCCCCCCCCCCCCCc1ccccc1[Si](O)(O)O. The summed E-state index contributed by atoms with van der Waals surface area (Å²) in [4.78, 5) is 28.5. The summed E-state index contributed by atoms with van der Waals surface area (Å²) < 4.78 is 0. The van der Waals surface area contributed by atoms with E-state index in [0.717, 1.165) is 18.4 Å². The third kappa shape index (κ3) is 9.57. The van der Waals surface area contributed by atoms with E-state index in [0.29, 0.717) is 5.19 Å². The molecule has 1 rings (SSSR count). The molecule has 0 spiro atoms. The molecule has 1 aromatic carbocycles. The number of benzene rings is 1. The second-order valence-corrected chi connectivity index (χ2v) is 8.74. The minimum atomic E-state index is -4.18. The Balaban J connectivity index is 2.03. The Hall–Kier alpha value is -0.683. The second-order valence-electron chi connectivity index (χ2n) is 6.93. The van der Waals surface area contributed by atoms with Crippen molar-refractivity contribution in [2.75, 3.05) is 0 Å². The van der Waals surface area contributed by atoms with Crippen molar-refractivity contribution in [1.29, 1.82) is 0 Å². The molecule has 0 aliphatic carbocycles. The molecule has 0 aromatic heterocycles. The van der Waals surface area contributed by atoms with Crippen LogP contribution in [0.1, 0.15) is 89.5 Å². The molecule has 0 atom stereocenters. The van der Waals surface area contributed by atoms with Crippen LogP contribution in [0.2, 0.25) is 0 Å². The molecule has 3 nitrogen and oxygen atoms in total. The average Bonchev–Trinajstić information content (AvgIpc) is 2.55. The van der Waals surface area contributed by atoms with Crippen molar-refractivity contribution in [1.82, 2.24) is 0 Å². The van der Waals surface area contributed by atoms with Crippen molar-refractivity contribution in [3.05, 3.63) is 29.8 Å². The summed E-state index contributed by atoms with van der Waals surface area (Å²) in [5.41, 5.74) is 0.878. The van der Waals surface area contributed by atoms with E-state index >= 15 is 0 Å². The lowest BCUT2D eigenvalue weighted by Crippen LogP contribution is -2.50. The average molecular weight is 353 g/mol. The summed E-state index contributed by atoms with van der Waals surface area (Å²) >= 11 is 0. The van der Waals surface area contributed by atoms with Gasteiger partial charge in [0.25, 0.3) is 0 Å². The molecule has 0 aliphatic heterocycles. The van der Waals surface area contributed by atoms with Crippen LogP contribution in [0.5, 0.6) is 0 Å². The van der Waals surface area contributed by atoms with E-state index in [9.17, 15) is 14.4 Å². The van der Waals surface area contributed by atoms with Crippen LogP contribution in [-0.2, 0) is 6.42 Å². The molecule has 0 aliphatic rings. The van der Waals surface area contributed by atoms with Crippen LogP contribution in [0.25, 0.3) is 0 Å². The number of unbranched alkanes of at least 4 members (excludes halogenated alkanes) is 11. The Morgan fingerprint density at radius 2 is 1.12 bits per heavy atom. The molecule has 0 bridgehead atoms. The molecule has 0 saturated heterocycles. The van der Waals surface area contributed by atoms with Crippen molar-refractivity contribution >= 4 is 14.0 Å². The standard InChI is InChI=1S/C20H36O3Si/c1-2-3-4-5-6-7-8-9-10-11-12-13-16-19-17-14-15-18-20(19)24(21,22)23/h14-15,17-18,21-23H,2-13,16H2,1H3. The second kappa shape index (κ2) is 12.6. The van der Waals surface area contributed by atoms with Crippen LogP contribution in [0.4, 0.5) is 0 Å². The number of aryl methyl sites for hydroxylation is 1. The van der Waals surface area contributed by atoms with E-state index in [1.54, 1.807) is 12.1 Å². The summed E-state index contributed by atoms with van der Waals surface area (Å²) in [6.07, 6.45) is 16.6. The van der Waals surface area contributed by atoms with Gasteiger partial charge < -0.3 is 14.4 Å². The summed E-state index contributed by atoms with van der Waals surface area (Å²) in [6, 6.07) is 7.14. The van der Waals surface area contributed by atoms with Gasteiger partial charge in [-0.15, -0.1) is 0 Å². The molecular weight excluding hydrogens is 316 g/mol. The topological polar surface area (TPSA) is 60.7 Å². The molecule has 0 unspecified atom stereocenters. The first kappa shape index (κ1) is 21.4. The van der Waals surface area contributed by atoms with Gasteiger partial charge in [0, 0.05) is 5.19 Å². The summed E-state index contributed by atoms with van der Waals surface area (Å²) in [5.74, 6) is 0. The van der Waals surface area contributed by atoms with Crippen molar-refractivity contribution in [2.45, 2.75) is 90.4 Å². The van der Waals surface area contributed by atoms with Gasteiger partial charge in [-0.2, -0.15) is 0 Å². The van der Waals surface area contributed by atoms with Crippen LogP contribution < -0.4 is 5.19 Å². The van der Waals surface area contributed by atoms with Crippen molar-refractivity contribution in [3.63, 3.8) is 0 Å². The molecule has 4 heteroatoms. The maximum atomic E-state index is 9.51. The molecule has 138 valence electrons. The van der Waals surface area contributed by atoms with Gasteiger partial charge in [-0.3, -0.25) is 0 Å². The Morgan fingerprint density at radius 3 is 1.62 bits per heavy atom. The lowest BCUT2D eigenvalue weighted by atomic mass is 10.0. The quantitative estimate of drug-likeness (QED) is 0.350. The fourth-order valence-electron chi connectivity index (χ4n) is 3.22. The fourth-order valence-corrected chi connectivity index (χ4v) is 4.18. The van der Waals surface area contributed by atoms with Gasteiger partial charge in [-0.1, -0.05) is 102 Å². The Morgan fingerprint density at radius 1 is 0.667 bits per heavy atom. The molecule has 0 heterocycles. The first-order valence-electron chi connectivity index (χ1n) is 9.81. The largest absolute Gasteiger partial charge is 0.529 e. The third-order valence-electron chi connectivity index (χ3n) is 4.68. The predicted molar refractivity (Wildman–Crippen MR) is 103 cm³/mol. The lowest BCUT2D eigenvalue weighted by Gasteiger charge is -2.14. The zero-order valence-electron chi connectivity index (χ0n) is 15.3. The van der Waals surface area contributed by atoms with Gasteiger partial charge in [-0.05, 0) is 18.4 Å². The van der Waals surface area contributed by atoms with E-state index < -0.39 is 8.80 Å². The van der Waals surface area contributed by atoms with E-state index in [-0.39, 0.29) is 0 Å². The smallest absolute Gasteiger partial charge is 0.386 e. The highest BCUT2D eigenvalue weighted by Gasteiger charge is 2.32. The van der Waals surface area contributed by atoms with Crippen LogP contribution in [0.15, 0.2) is 24.3 Å². The number of rotatable bonds is 14. The van der Waals surface area contributed by atoms with E-state index in [1.807, 2.05) is 12.1 Å². The molecule has 3 N–H and O–H groups in total. The first-order valence-corrected chi connectivity index (χ1v) is 11.7. The highest BCUT2D eigenvalue weighted by molar-refractivity contribution is 6.72. The maximum absolute atomic E-state index is 9.51. The van der Waals surface area contributed by atoms with Gasteiger partial charge in [0.1, 0.15) is 0 Å². The zero-order valence-corrected chi connectivity index (χ0v) is 16.3. The maximum Gasteiger partial charge on any atom is 0.529 e. The molecule has 0 saturated carbocycles. The van der Waals surface area contributed by atoms with Crippen LogP contribution in [0, 0.1) is 0 Å². The van der Waals surface area contributed by atoms with Gasteiger partial charge in [0.05, 0.1) is 0 Å². The van der Waals surface area contributed by atoms with Crippen molar-refractivity contribution in [3.8, 4) is 0 Å². The van der Waals surface area contributed by atoms with Crippen LogP contribution >= 0.6 is 0 Å². The minimum absolute atomic E-state index is 0.341. The molecule has 24 heavy (non-hydrogen) atoms. The highest BCUT2D eigenvalue weighted by Crippen LogP contribution is 2.13. The Bertz CT molecular complexity index is 429. The summed E-state index contributed by atoms with van der Waals surface area (Å²) in [5, 5.41) is 0.341. The molecule has 0 amide bonds. The summed E-state index contributed by atoms with van der Waals surface area (Å²) in [7, 11) is -4.18. The van der Waals surface area contributed by atoms with Crippen LogP contribution in [-0.4, -0.2) is 23.2 Å². The van der Waals surface area contributed by atoms with E-state index in [4.69, 9.17) is 0 Å². The molecular formula is C20H36O3Si. The van der Waals surface area contributed by atoms with Crippen LogP contribution in [0.3, 0.4) is 0 Å². The van der Waals surface area contributed by atoms with Gasteiger partial charge in [0.2, 0.25) is 0 Å². The monoisotopic (exact) mass is 352 g/mol. The molecule has 1 aromatic rings. The normalized spacial score (nSPS) is 11.8. The Labute approximate surface area is 149 Å². The van der Waals surface area contributed by atoms with Crippen molar-refractivity contribution in [2.24, 2.45) is 0 Å². The minimum Gasteiger partial charge on any atom is -0.386 e. The Kier molecular flexibility index (Phi) is 11.3. The first-order chi connectivity index (χ1) is 11.6. The van der Waals surface area contributed by atoms with Crippen molar-refractivity contribution < 1.29 is 14.4 Å². The predicted octanol–water partition coefficient (Wildman–Crippen LogP) is 4.05. The lowest BCUT2D eigenvalue weighted by molar-refractivity contribution is 0.249. The summed E-state index contributed by atoms with van der Waals surface area (Å²) in [6.45, 7) is 2.26.